The van der Waals surface area contributed by atoms with Crippen LogP contribution in [0.25, 0.3) is 0 Å². The van der Waals surface area contributed by atoms with Crippen molar-refractivity contribution in [3.8, 4) is 0 Å². The smallest absolute Gasteiger partial charge is 0.269 e. The third-order valence-corrected chi connectivity index (χ3v) is 7.16. The van der Waals surface area contributed by atoms with Gasteiger partial charge in [0.05, 0.1) is 5.56 Å². The Morgan fingerprint density at radius 2 is 1.77 bits per heavy atom. The maximum atomic E-state index is 13.2. The molecule has 1 atom stereocenters. The topological polar surface area (TPSA) is 104 Å². The van der Waals surface area contributed by atoms with E-state index in [4.69, 9.17) is 11.6 Å². The van der Waals surface area contributed by atoms with E-state index >= 15 is 0 Å². The average molecular weight is 464 g/mol. The van der Waals surface area contributed by atoms with Gasteiger partial charge >= 0.3 is 0 Å². The zero-order chi connectivity index (χ0) is 22.8. The summed E-state index contributed by atoms with van der Waals surface area (Å²) >= 11 is 6.22. The van der Waals surface area contributed by atoms with Crippen molar-refractivity contribution in [1.29, 1.82) is 0 Å². The fourth-order valence-electron chi connectivity index (χ4n) is 3.32. The zero-order valence-electron chi connectivity index (χ0n) is 17.0. The van der Waals surface area contributed by atoms with Crippen LogP contribution in [0, 0.1) is 0 Å². The van der Waals surface area contributed by atoms with E-state index in [1.54, 1.807) is 37.3 Å². The van der Waals surface area contributed by atoms with Crippen LogP contribution >= 0.6 is 11.6 Å². The highest BCUT2D eigenvalue weighted by Gasteiger charge is 2.43. The summed E-state index contributed by atoms with van der Waals surface area (Å²) in [5.41, 5.74) is 0.609. The van der Waals surface area contributed by atoms with Gasteiger partial charge in [-0.1, -0.05) is 41.9 Å². The molecule has 0 unspecified atom stereocenters. The first-order chi connectivity index (χ1) is 14.7. The molecular weight excluding hydrogens is 442 g/mol. The van der Waals surface area contributed by atoms with E-state index < -0.39 is 40.3 Å². The number of hydrogen-bond donors (Lipinski definition) is 1. The van der Waals surface area contributed by atoms with Gasteiger partial charge in [-0.05, 0) is 37.6 Å². The number of carbonyl (C=O) groups is 3. The number of carbonyl (C=O) groups excluding carboxylic acids is 3. The lowest BCUT2D eigenvalue weighted by atomic mass is 10.1. The molecule has 0 saturated heterocycles. The summed E-state index contributed by atoms with van der Waals surface area (Å²) in [5, 5.41) is 3.05. The van der Waals surface area contributed by atoms with Gasteiger partial charge in [-0.2, -0.15) is 0 Å². The number of nitrogens with one attached hydrogen (secondary N) is 1. The van der Waals surface area contributed by atoms with Crippen LogP contribution in [-0.2, 0) is 26.2 Å². The van der Waals surface area contributed by atoms with E-state index in [9.17, 15) is 22.8 Å². The SMILES string of the molecule is CCNC(=O)[C@H](C)N(Cc1ccccc1Cl)C(=O)CN1C(=O)c2ccccc2S1(=O)=O. The van der Waals surface area contributed by atoms with Gasteiger partial charge in [0.2, 0.25) is 11.8 Å². The van der Waals surface area contributed by atoms with E-state index in [1.165, 1.54) is 30.0 Å². The molecule has 8 nitrogen and oxygen atoms in total. The lowest BCUT2D eigenvalue weighted by Gasteiger charge is -2.30. The Morgan fingerprint density at radius 1 is 1.13 bits per heavy atom. The molecule has 31 heavy (non-hydrogen) atoms. The lowest BCUT2D eigenvalue weighted by Crippen LogP contribution is -2.51. The first-order valence-corrected chi connectivity index (χ1v) is 11.5. The highest BCUT2D eigenvalue weighted by molar-refractivity contribution is 7.90. The van der Waals surface area contributed by atoms with Gasteiger partial charge < -0.3 is 10.2 Å². The Morgan fingerprint density at radius 3 is 2.42 bits per heavy atom. The molecule has 1 aliphatic rings. The van der Waals surface area contributed by atoms with Crippen molar-refractivity contribution in [2.45, 2.75) is 31.3 Å². The summed E-state index contributed by atoms with van der Waals surface area (Å²) in [6.45, 7) is 2.91. The van der Waals surface area contributed by atoms with Crippen molar-refractivity contribution in [2.24, 2.45) is 0 Å². The van der Waals surface area contributed by atoms with Crippen LogP contribution in [0.5, 0.6) is 0 Å². The van der Waals surface area contributed by atoms with Gasteiger partial charge in [0.25, 0.3) is 15.9 Å². The van der Waals surface area contributed by atoms with Crippen LogP contribution in [0.3, 0.4) is 0 Å². The number of fused-ring (bicyclic) bond motifs is 1. The summed E-state index contributed by atoms with van der Waals surface area (Å²) < 4.78 is 26.2. The second-order valence-electron chi connectivity index (χ2n) is 7.00. The third kappa shape index (κ3) is 4.42. The van der Waals surface area contributed by atoms with Crippen LogP contribution < -0.4 is 5.32 Å². The molecule has 0 aliphatic carbocycles. The highest BCUT2D eigenvalue weighted by Crippen LogP contribution is 2.30. The van der Waals surface area contributed by atoms with Gasteiger partial charge in [0.1, 0.15) is 17.5 Å². The van der Waals surface area contributed by atoms with Crippen molar-refractivity contribution < 1.29 is 22.8 Å². The van der Waals surface area contributed by atoms with E-state index in [0.717, 1.165) is 0 Å². The maximum absolute atomic E-state index is 13.2. The first-order valence-electron chi connectivity index (χ1n) is 9.65. The Labute approximate surface area is 185 Å². The second-order valence-corrected chi connectivity index (χ2v) is 9.23. The minimum absolute atomic E-state index is 0.0183. The lowest BCUT2D eigenvalue weighted by molar-refractivity contribution is -0.140. The van der Waals surface area contributed by atoms with Gasteiger partial charge in [-0.15, -0.1) is 0 Å². The molecule has 0 saturated carbocycles. The molecule has 1 N–H and O–H groups in total. The molecule has 10 heteroatoms. The minimum atomic E-state index is -4.15. The van der Waals surface area contributed by atoms with Gasteiger partial charge in [-0.3, -0.25) is 14.4 Å². The number of sulfonamides is 1. The zero-order valence-corrected chi connectivity index (χ0v) is 18.6. The predicted molar refractivity (Wildman–Crippen MR) is 115 cm³/mol. The monoisotopic (exact) mass is 463 g/mol. The van der Waals surface area contributed by atoms with E-state index in [-0.39, 0.29) is 17.0 Å². The largest absolute Gasteiger partial charge is 0.355 e. The number of nitrogens with zero attached hydrogens (tertiary/aromatic N) is 2. The molecule has 0 spiro atoms. The molecule has 0 bridgehead atoms. The Balaban J connectivity index is 1.91. The average Bonchev–Trinajstić information content (AvgIpc) is 2.93. The van der Waals surface area contributed by atoms with E-state index in [1.807, 2.05) is 0 Å². The Kier molecular flexibility index (Phi) is 6.66. The molecule has 1 aliphatic heterocycles. The molecule has 3 rings (SSSR count). The first kappa shape index (κ1) is 22.8. The summed E-state index contributed by atoms with van der Waals surface area (Å²) in [6.07, 6.45) is 0. The van der Waals surface area contributed by atoms with E-state index in [0.29, 0.717) is 21.4 Å². The number of rotatable bonds is 7. The summed E-state index contributed by atoms with van der Waals surface area (Å²) in [7, 11) is -4.15. The van der Waals surface area contributed by atoms with Crippen LogP contribution in [0.2, 0.25) is 5.02 Å². The van der Waals surface area contributed by atoms with Gasteiger partial charge in [0.15, 0.2) is 0 Å². The van der Waals surface area contributed by atoms with Crippen LogP contribution in [0.4, 0.5) is 0 Å². The van der Waals surface area contributed by atoms with Crippen molar-refractivity contribution in [1.82, 2.24) is 14.5 Å². The molecule has 2 aromatic rings. The molecule has 0 radical (unpaired) electrons. The fourth-order valence-corrected chi connectivity index (χ4v) is 5.03. The molecule has 2 aromatic carbocycles. The van der Waals surface area contributed by atoms with Crippen molar-refractivity contribution >= 4 is 39.3 Å². The van der Waals surface area contributed by atoms with Gasteiger partial charge in [0, 0.05) is 18.1 Å². The number of benzene rings is 2. The normalized spacial score (nSPS) is 15.3. The summed E-state index contributed by atoms with van der Waals surface area (Å²) in [6, 6.07) is 11.7. The number of likely N-dealkylation sites (N-methyl/N-ethyl adjacent to an activating group) is 1. The Hall–Kier alpha value is -2.91. The molecule has 1 heterocycles. The van der Waals surface area contributed by atoms with Crippen molar-refractivity contribution in [2.75, 3.05) is 13.1 Å². The van der Waals surface area contributed by atoms with Gasteiger partial charge in [-0.25, -0.2) is 12.7 Å². The Bertz CT molecular complexity index is 1140. The van der Waals surface area contributed by atoms with Crippen molar-refractivity contribution in [3.05, 3.63) is 64.7 Å². The van der Waals surface area contributed by atoms with E-state index in [2.05, 4.69) is 5.32 Å². The van der Waals surface area contributed by atoms with Crippen LogP contribution in [-0.4, -0.2) is 54.5 Å². The summed E-state index contributed by atoms with van der Waals surface area (Å²) in [4.78, 5) is 39.4. The van der Waals surface area contributed by atoms with Crippen molar-refractivity contribution in [3.63, 3.8) is 0 Å². The molecule has 3 amide bonds. The molecule has 0 fully saturated rings. The number of hydrogen-bond acceptors (Lipinski definition) is 5. The molecule has 0 aromatic heterocycles. The fraction of sp³-hybridized carbons (Fsp3) is 0.286. The maximum Gasteiger partial charge on any atom is 0.269 e. The number of amides is 3. The third-order valence-electron chi connectivity index (χ3n) is 5.01. The minimum Gasteiger partial charge on any atom is -0.355 e. The van der Waals surface area contributed by atoms with Crippen LogP contribution in [0.1, 0.15) is 29.8 Å². The van der Waals surface area contributed by atoms with Crippen LogP contribution in [0.15, 0.2) is 53.4 Å². The predicted octanol–water partition coefficient (Wildman–Crippen LogP) is 2.04. The standard InChI is InChI=1S/C21H22ClN3O5S/c1-3-23-20(27)14(2)24(12-15-8-4-6-10-17(15)22)19(26)13-25-21(28)16-9-5-7-11-18(16)31(25,29)30/h4-11,14H,3,12-13H2,1-2H3,(H,23,27)/t14-/m0/s1. The molecular formula is C21H22ClN3O5S. The quantitative estimate of drug-likeness (QED) is 0.676. The molecule has 164 valence electrons. The highest BCUT2D eigenvalue weighted by atomic mass is 35.5. The number of halogens is 1. The second kappa shape index (κ2) is 9.07. The summed E-state index contributed by atoms with van der Waals surface area (Å²) in [5.74, 6) is -1.86.